The van der Waals surface area contributed by atoms with Crippen molar-refractivity contribution in [2.75, 3.05) is 47.6 Å². The molecule has 3 aromatic rings. The summed E-state index contributed by atoms with van der Waals surface area (Å²) >= 11 is 1.73. The molecule has 0 fully saturated rings. The summed E-state index contributed by atoms with van der Waals surface area (Å²) in [6.07, 6.45) is 5.63. The Morgan fingerprint density at radius 2 is 1.68 bits per heavy atom. The summed E-state index contributed by atoms with van der Waals surface area (Å²) in [5, 5.41) is 0. The lowest BCUT2D eigenvalue weighted by Crippen LogP contribution is -2.19. The Kier molecular flexibility index (Phi) is 9.52. The Morgan fingerprint density at radius 1 is 0.941 bits per heavy atom. The number of carbonyl (C=O) groups is 1. The number of allylic oxidation sites excluding steroid dienone is 1. The van der Waals surface area contributed by atoms with E-state index in [0.717, 1.165) is 41.1 Å². The van der Waals surface area contributed by atoms with E-state index in [1.165, 1.54) is 10.5 Å². The Bertz CT molecular complexity index is 1140. The zero-order chi connectivity index (χ0) is 24.5. The first kappa shape index (κ1) is 25.8. The molecule has 0 N–H and O–H groups in total. The third-order valence-electron chi connectivity index (χ3n) is 5.41. The van der Waals surface area contributed by atoms with Gasteiger partial charge >= 0.3 is 0 Å². The van der Waals surface area contributed by atoms with Crippen molar-refractivity contribution in [1.82, 2.24) is 9.80 Å². The van der Waals surface area contributed by atoms with Gasteiger partial charge in [-0.2, -0.15) is 0 Å². The van der Waals surface area contributed by atoms with Crippen LogP contribution >= 0.6 is 11.8 Å². The van der Waals surface area contributed by atoms with Crippen molar-refractivity contribution < 1.29 is 9.53 Å². The number of hydrogen-bond donors (Lipinski definition) is 0. The molecule has 0 spiro atoms. The molecule has 3 aromatic carbocycles. The highest BCUT2D eigenvalue weighted by molar-refractivity contribution is 7.98. The predicted molar refractivity (Wildman–Crippen MR) is 145 cm³/mol. The van der Waals surface area contributed by atoms with E-state index in [0.29, 0.717) is 6.61 Å². The van der Waals surface area contributed by atoms with Gasteiger partial charge in [-0.1, -0.05) is 48.5 Å². The highest BCUT2D eigenvalue weighted by Gasteiger charge is 2.11. The number of likely N-dealkylation sites (N-methyl/N-ethyl adjacent to an activating group) is 1. The molecule has 5 heteroatoms. The van der Waals surface area contributed by atoms with Crippen molar-refractivity contribution in [2.45, 2.75) is 11.4 Å². The predicted octanol–water partition coefficient (Wildman–Crippen LogP) is 5.97. The van der Waals surface area contributed by atoms with Crippen molar-refractivity contribution in [2.24, 2.45) is 0 Å². The van der Waals surface area contributed by atoms with Gasteiger partial charge in [-0.05, 0) is 81.5 Å². The van der Waals surface area contributed by atoms with Crippen LogP contribution in [0, 0.1) is 0 Å². The molecule has 0 aliphatic carbocycles. The average Bonchev–Trinajstić information content (AvgIpc) is 2.82. The largest absolute Gasteiger partial charge is 0.492 e. The first-order valence-corrected chi connectivity index (χ1v) is 12.6. The van der Waals surface area contributed by atoms with Gasteiger partial charge in [-0.15, -0.1) is 11.8 Å². The molecule has 0 unspecified atom stereocenters. The lowest BCUT2D eigenvalue weighted by atomic mass is 10.00. The van der Waals surface area contributed by atoms with E-state index < -0.39 is 0 Å². The molecule has 3 rings (SSSR count). The first-order valence-electron chi connectivity index (χ1n) is 11.4. The van der Waals surface area contributed by atoms with E-state index >= 15 is 0 Å². The normalized spacial score (nSPS) is 11.5. The Hall–Kier alpha value is -2.86. The fourth-order valence-electron chi connectivity index (χ4n) is 3.69. The molecule has 34 heavy (non-hydrogen) atoms. The van der Waals surface area contributed by atoms with Crippen LogP contribution in [0.2, 0.25) is 0 Å². The second-order valence-corrected chi connectivity index (χ2v) is 9.55. The minimum absolute atomic E-state index is 0.00777. The lowest BCUT2D eigenvalue weighted by molar-refractivity contribution is 0.104. The first-order chi connectivity index (χ1) is 16.4. The number of hydrogen-bond acceptors (Lipinski definition) is 5. The topological polar surface area (TPSA) is 32.8 Å². The Morgan fingerprint density at radius 3 is 2.41 bits per heavy atom. The molecular formula is C29H34N2O2S. The number of nitrogens with zero attached hydrogens (tertiary/aromatic N) is 2. The molecule has 178 valence electrons. The summed E-state index contributed by atoms with van der Waals surface area (Å²) < 4.78 is 6.09. The van der Waals surface area contributed by atoms with Crippen molar-refractivity contribution in [3.05, 3.63) is 89.5 Å². The maximum absolute atomic E-state index is 13.1. The van der Waals surface area contributed by atoms with E-state index in [-0.39, 0.29) is 5.78 Å². The highest BCUT2D eigenvalue weighted by atomic mass is 32.2. The number of benzene rings is 3. The van der Waals surface area contributed by atoms with Gasteiger partial charge in [-0.3, -0.25) is 4.79 Å². The van der Waals surface area contributed by atoms with Crippen molar-refractivity contribution in [1.29, 1.82) is 0 Å². The van der Waals surface area contributed by atoms with E-state index in [1.54, 1.807) is 17.8 Å². The summed E-state index contributed by atoms with van der Waals surface area (Å²) in [6.45, 7) is 2.11. The van der Waals surface area contributed by atoms with Gasteiger partial charge in [0.1, 0.15) is 12.4 Å². The SMILES string of the molecule is CSc1ccccc1-c1ccc(OCCN(C)C)c(C=CC(=O)c2ccccc2CN(C)C)c1. The number of thioether (sulfide) groups is 1. The highest BCUT2D eigenvalue weighted by Crippen LogP contribution is 2.33. The third-order valence-corrected chi connectivity index (χ3v) is 6.20. The molecule has 0 bridgehead atoms. The Balaban J connectivity index is 1.95. The molecule has 0 amide bonds. The van der Waals surface area contributed by atoms with Crippen LogP contribution in [0.5, 0.6) is 5.75 Å². The smallest absolute Gasteiger partial charge is 0.186 e. The minimum atomic E-state index is -0.00777. The second-order valence-electron chi connectivity index (χ2n) is 8.70. The van der Waals surface area contributed by atoms with Gasteiger partial charge in [0.05, 0.1) is 0 Å². The van der Waals surface area contributed by atoms with Crippen molar-refractivity contribution in [3.63, 3.8) is 0 Å². The molecule has 0 aliphatic heterocycles. The molecule has 0 heterocycles. The second kappa shape index (κ2) is 12.6. The fraction of sp³-hybridized carbons (Fsp3) is 0.276. The van der Waals surface area contributed by atoms with Crippen LogP contribution in [0.25, 0.3) is 17.2 Å². The summed E-state index contributed by atoms with van der Waals surface area (Å²) in [7, 11) is 8.06. The van der Waals surface area contributed by atoms with Crippen molar-refractivity contribution in [3.8, 4) is 16.9 Å². The molecule has 0 aromatic heterocycles. The maximum atomic E-state index is 13.1. The van der Waals surface area contributed by atoms with Crippen molar-refractivity contribution >= 4 is 23.6 Å². The number of ketones is 1. The van der Waals surface area contributed by atoms with E-state index in [2.05, 4.69) is 52.5 Å². The maximum Gasteiger partial charge on any atom is 0.186 e. The standard InChI is InChI=1S/C29H34N2O2S/c1-30(2)18-19-33-28-17-15-22(26-12-8-9-13-29(26)34-5)20-23(28)14-16-27(32)25-11-7-6-10-24(25)21-31(3)4/h6-17,20H,18-19,21H2,1-5H3. The van der Waals surface area contributed by atoms with Crippen LogP contribution < -0.4 is 4.74 Å². The minimum Gasteiger partial charge on any atom is -0.492 e. The van der Waals surface area contributed by atoms with Gasteiger partial charge in [0.15, 0.2) is 5.78 Å². The molecular weight excluding hydrogens is 440 g/mol. The van der Waals surface area contributed by atoms with Gasteiger partial charge < -0.3 is 14.5 Å². The number of ether oxygens (including phenoxy) is 1. The molecule has 0 radical (unpaired) electrons. The third kappa shape index (κ3) is 7.07. The monoisotopic (exact) mass is 474 g/mol. The lowest BCUT2D eigenvalue weighted by Gasteiger charge is -2.15. The van der Waals surface area contributed by atoms with Crippen LogP contribution in [0.3, 0.4) is 0 Å². The zero-order valence-electron chi connectivity index (χ0n) is 20.7. The van der Waals surface area contributed by atoms with Gasteiger partial charge in [0, 0.05) is 29.1 Å². The summed E-state index contributed by atoms with van der Waals surface area (Å²) in [5.41, 5.74) is 4.92. The number of carbonyl (C=O) groups excluding carboxylic acids is 1. The van der Waals surface area contributed by atoms with Gasteiger partial charge in [0.2, 0.25) is 0 Å². The Labute approximate surface area is 208 Å². The van der Waals surface area contributed by atoms with Gasteiger partial charge in [0.25, 0.3) is 0 Å². The molecule has 0 saturated carbocycles. The average molecular weight is 475 g/mol. The molecule has 0 aliphatic rings. The van der Waals surface area contributed by atoms with Crippen LogP contribution in [-0.2, 0) is 6.54 Å². The summed E-state index contributed by atoms with van der Waals surface area (Å²) in [4.78, 5) is 18.5. The van der Waals surface area contributed by atoms with Crippen LogP contribution in [-0.4, -0.2) is 63.2 Å². The van der Waals surface area contributed by atoms with E-state index in [9.17, 15) is 4.79 Å². The molecule has 0 atom stereocenters. The molecule has 4 nitrogen and oxygen atoms in total. The zero-order valence-corrected chi connectivity index (χ0v) is 21.6. The quantitative estimate of drug-likeness (QED) is 0.194. The van der Waals surface area contributed by atoms with E-state index in [1.807, 2.05) is 64.6 Å². The summed E-state index contributed by atoms with van der Waals surface area (Å²) in [6, 6.07) is 22.4. The van der Waals surface area contributed by atoms with Crippen LogP contribution in [0.4, 0.5) is 0 Å². The van der Waals surface area contributed by atoms with Gasteiger partial charge in [-0.25, -0.2) is 0 Å². The summed E-state index contributed by atoms with van der Waals surface area (Å²) in [5.74, 6) is 0.768. The van der Waals surface area contributed by atoms with Crippen LogP contribution in [0.15, 0.2) is 77.7 Å². The number of rotatable bonds is 11. The van der Waals surface area contributed by atoms with E-state index in [4.69, 9.17) is 4.74 Å². The van der Waals surface area contributed by atoms with Crippen LogP contribution in [0.1, 0.15) is 21.5 Å². The molecule has 0 saturated heterocycles. The fourth-order valence-corrected chi connectivity index (χ4v) is 4.31.